The van der Waals surface area contributed by atoms with Crippen molar-refractivity contribution in [2.45, 2.75) is 25.6 Å². The quantitative estimate of drug-likeness (QED) is 0.496. The van der Waals surface area contributed by atoms with E-state index in [1.807, 2.05) is 37.3 Å². The Bertz CT molecular complexity index is 871. The lowest BCUT2D eigenvalue weighted by atomic mass is 10.0. The number of benzene rings is 3. The van der Waals surface area contributed by atoms with Crippen LogP contribution < -0.4 is 5.19 Å². The zero-order chi connectivity index (χ0) is 17.9. The Labute approximate surface area is 150 Å². The number of fused-ring (bicyclic) bond motifs is 1. The first-order valence-corrected chi connectivity index (χ1v) is 11.8. The molecule has 0 bridgehead atoms. The molecule has 25 heavy (non-hydrogen) atoms. The molecule has 0 N–H and O–H groups in total. The first-order valence-electron chi connectivity index (χ1n) is 8.75. The summed E-state index contributed by atoms with van der Waals surface area (Å²) in [6, 6.07) is 25.0. The van der Waals surface area contributed by atoms with Gasteiger partial charge in [-0.25, -0.2) is 0 Å². The fourth-order valence-electron chi connectivity index (χ4n) is 3.49. The minimum Gasteiger partial charge on any atom is -0.466 e. The summed E-state index contributed by atoms with van der Waals surface area (Å²) in [6.45, 7) is 6.77. The maximum absolute atomic E-state index is 12.9. The van der Waals surface area contributed by atoms with E-state index >= 15 is 0 Å². The summed E-state index contributed by atoms with van der Waals surface area (Å²) >= 11 is 0. The van der Waals surface area contributed by atoms with E-state index in [4.69, 9.17) is 4.74 Å². The smallest absolute Gasteiger partial charge is 0.310 e. The van der Waals surface area contributed by atoms with Gasteiger partial charge in [0.2, 0.25) is 0 Å². The van der Waals surface area contributed by atoms with Crippen LogP contribution in [0.2, 0.25) is 13.1 Å². The summed E-state index contributed by atoms with van der Waals surface area (Å²) < 4.78 is 5.47. The van der Waals surface area contributed by atoms with Gasteiger partial charge < -0.3 is 4.74 Å². The summed E-state index contributed by atoms with van der Waals surface area (Å²) in [4.78, 5) is 12.9. The first-order chi connectivity index (χ1) is 12.0. The monoisotopic (exact) mass is 348 g/mol. The van der Waals surface area contributed by atoms with E-state index in [2.05, 4.69) is 55.6 Å². The van der Waals surface area contributed by atoms with Gasteiger partial charge in [0.05, 0.1) is 12.1 Å². The van der Waals surface area contributed by atoms with Crippen LogP contribution in [0.15, 0.2) is 72.8 Å². The molecular formula is C22H24O2Si. The fraction of sp³-hybridized carbons (Fsp3) is 0.227. The van der Waals surface area contributed by atoms with Gasteiger partial charge in [0.25, 0.3) is 0 Å². The Morgan fingerprint density at radius 3 is 2.24 bits per heavy atom. The summed E-state index contributed by atoms with van der Waals surface area (Å²) in [5.41, 5.74) is 0.831. The van der Waals surface area contributed by atoms with E-state index in [0.717, 1.165) is 10.9 Å². The zero-order valence-electron chi connectivity index (χ0n) is 15.0. The van der Waals surface area contributed by atoms with Gasteiger partial charge in [-0.1, -0.05) is 91.1 Å². The highest BCUT2D eigenvalue weighted by molar-refractivity contribution is 6.93. The van der Waals surface area contributed by atoms with Gasteiger partial charge in [-0.05, 0) is 23.3 Å². The minimum atomic E-state index is -2.11. The SMILES string of the molecule is CCOC(=O)[C@@H](c1ccc2ccccc2c1)[Si](C)(C)c1ccccc1. The van der Waals surface area contributed by atoms with E-state index in [-0.39, 0.29) is 11.5 Å². The van der Waals surface area contributed by atoms with Gasteiger partial charge in [0.15, 0.2) is 0 Å². The maximum Gasteiger partial charge on any atom is 0.310 e. The molecule has 0 radical (unpaired) electrons. The van der Waals surface area contributed by atoms with Gasteiger partial charge in [0.1, 0.15) is 8.07 Å². The number of esters is 1. The van der Waals surface area contributed by atoms with Crippen molar-refractivity contribution >= 4 is 30.0 Å². The molecule has 3 aromatic carbocycles. The van der Waals surface area contributed by atoms with Crippen molar-refractivity contribution in [2.24, 2.45) is 0 Å². The van der Waals surface area contributed by atoms with Gasteiger partial charge in [0, 0.05) is 0 Å². The summed E-state index contributed by atoms with van der Waals surface area (Å²) in [5.74, 6) is -0.113. The number of carbonyl (C=O) groups excluding carboxylic acids is 1. The standard InChI is InChI=1S/C22H24O2Si/c1-4-24-22(23)21(25(2,3)20-12-6-5-7-13-20)19-15-14-17-10-8-9-11-18(17)16-19/h5-16,21H,4H2,1-3H3/t21-/m1/s1. The van der Waals surface area contributed by atoms with Crippen molar-refractivity contribution in [1.82, 2.24) is 0 Å². The van der Waals surface area contributed by atoms with Gasteiger partial charge >= 0.3 is 5.97 Å². The van der Waals surface area contributed by atoms with Crippen molar-refractivity contribution < 1.29 is 9.53 Å². The largest absolute Gasteiger partial charge is 0.466 e. The lowest BCUT2D eigenvalue weighted by molar-refractivity contribution is -0.143. The van der Waals surface area contributed by atoms with E-state index < -0.39 is 8.07 Å². The molecule has 0 saturated carbocycles. The number of ether oxygens (including phenoxy) is 1. The second-order valence-corrected chi connectivity index (χ2v) is 11.5. The summed E-state index contributed by atoms with van der Waals surface area (Å²) in [7, 11) is -2.11. The summed E-state index contributed by atoms with van der Waals surface area (Å²) in [5, 5.41) is 3.61. The van der Waals surface area contributed by atoms with Crippen LogP contribution in [0.4, 0.5) is 0 Å². The lowest BCUT2D eigenvalue weighted by Crippen LogP contribution is -2.51. The second kappa shape index (κ2) is 7.24. The predicted molar refractivity (Wildman–Crippen MR) is 107 cm³/mol. The number of hydrogen-bond donors (Lipinski definition) is 0. The van der Waals surface area contributed by atoms with E-state index in [1.165, 1.54) is 10.6 Å². The number of rotatable bonds is 5. The van der Waals surface area contributed by atoms with Crippen LogP contribution in [0.3, 0.4) is 0 Å². The molecule has 0 aliphatic rings. The molecule has 0 aliphatic heterocycles. The van der Waals surface area contributed by atoms with Crippen molar-refractivity contribution in [2.75, 3.05) is 6.61 Å². The van der Waals surface area contributed by atoms with E-state index in [9.17, 15) is 4.79 Å². The van der Waals surface area contributed by atoms with Gasteiger partial charge in [-0.3, -0.25) is 4.79 Å². The van der Waals surface area contributed by atoms with Crippen molar-refractivity contribution in [3.8, 4) is 0 Å². The fourth-order valence-corrected chi connectivity index (χ4v) is 6.57. The van der Waals surface area contributed by atoms with Gasteiger partial charge in [-0.2, -0.15) is 0 Å². The van der Waals surface area contributed by atoms with Crippen LogP contribution in [0.5, 0.6) is 0 Å². The van der Waals surface area contributed by atoms with Crippen molar-refractivity contribution in [1.29, 1.82) is 0 Å². The third-order valence-electron chi connectivity index (χ3n) is 4.87. The number of hydrogen-bond acceptors (Lipinski definition) is 2. The van der Waals surface area contributed by atoms with Crippen LogP contribution in [0.1, 0.15) is 18.0 Å². The van der Waals surface area contributed by atoms with Crippen molar-refractivity contribution in [3.05, 3.63) is 78.4 Å². The molecule has 1 atom stereocenters. The number of carbonyl (C=O) groups is 1. The molecule has 0 spiro atoms. The second-order valence-electron chi connectivity index (χ2n) is 6.88. The van der Waals surface area contributed by atoms with Crippen LogP contribution in [0, 0.1) is 0 Å². The maximum atomic E-state index is 12.9. The third-order valence-corrected chi connectivity index (χ3v) is 8.70. The Morgan fingerprint density at radius 1 is 0.920 bits per heavy atom. The Hall–Kier alpha value is -2.39. The molecule has 3 aromatic rings. The normalized spacial score (nSPS) is 12.8. The molecular weight excluding hydrogens is 324 g/mol. The lowest BCUT2D eigenvalue weighted by Gasteiger charge is -2.32. The first kappa shape index (κ1) is 17.4. The molecule has 0 aliphatic carbocycles. The molecule has 0 heterocycles. The minimum absolute atomic E-state index is 0.113. The van der Waals surface area contributed by atoms with Crippen molar-refractivity contribution in [3.63, 3.8) is 0 Å². The van der Waals surface area contributed by atoms with E-state index in [0.29, 0.717) is 6.61 Å². The van der Waals surface area contributed by atoms with Crippen LogP contribution in [-0.2, 0) is 9.53 Å². The molecule has 0 unspecified atom stereocenters. The highest BCUT2D eigenvalue weighted by Crippen LogP contribution is 2.31. The Morgan fingerprint density at radius 2 is 1.56 bits per heavy atom. The molecule has 0 fully saturated rings. The Balaban J connectivity index is 2.12. The highest BCUT2D eigenvalue weighted by Gasteiger charge is 2.40. The average Bonchev–Trinajstić information content (AvgIpc) is 2.62. The summed E-state index contributed by atoms with van der Waals surface area (Å²) in [6.07, 6.45) is 0. The predicted octanol–water partition coefficient (Wildman–Crippen LogP) is 4.64. The average molecular weight is 349 g/mol. The molecule has 128 valence electrons. The van der Waals surface area contributed by atoms with Crippen LogP contribution in [-0.4, -0.2) is 20.7 Å². The van der Waals surface area contributed by atoms with Gasteiger partial charge in [-0.15, -0.1) is 0 Å². The van der Waals surface area contributed by atoms with E-state index in [1.54, 1.807) is 0 Å². The molecule has 0 aromatic heterocycles. The third kappa shape index (κ3) is 3.52. The zero-order valence-corrected chi connectivity index (χ0v) is 16.0. The molecule has 0 saturated heterocycles. The molecule has 3 rings (SSSR count). The van der Waals surface area contributed by atoms with Crippen LogP contribution in [0.25, 0.3) is 10.8 Å². The molecule has 3 heteroatoms. The Kier molecular flexibility index (Phi) is 5.05. The highest BCUT2D eigenvalue weighted by atomic mass is 28.3. The van der Waals surface area contributed by atoms with Crippen LogP contribution >= 0.6 is 0 Å². The molecule has 0 amide bonds. The molecule has 2 nitrogen and oxygen atoms in total. The topological polar surface area (TPSA) is 26.3 Å².